The first-order chi connectivity index (χ1) is 11.6. The second kappa shape index (κ2) is 7.07. The van der Waals surface area contributed by atoms with Gasteiger partial charge in [-0.25, -0.2) is 4.98 Å². The van der Waals surface area contributed by atoms with Crippen molar-refractivity contribution >= 4 is 23.2 Å². The number of carbonyl (C=O) groups is 2. The van der Waals surface area contributed by atoms with Crippen LogP contribution in [0.25, 0.3) is 0 Å². The van der Waals surface area contributed by atoms with E-state index in [9.17, 15) is 14.7 Å². The Morgan fingerprint density at radius 2 is 2.42 bits per heavy atom. The quantitative estimate of drug-likeness (QED) is 0.683. The maximum absolute atomic E-state index is 12.4. The Morgan fingerprint density at radius 1 is 1.54 bits per heavy atom. The summed E-state index contributed by atoms with van der Waals surface area (Å²) in [5.74, 6) is -0.650. The highest BCUT2D eigenvalue weighted by molar-refractivity contribution is 7.07. The minimum Gasteiger partial charge on any atom is -0.384 e. The molecule has 1 unspecified atom stereocenters. The lowest BCUT2D eigenvalue weighted by atomic mass is 10.0. The molecule has 0 bridgehead atoms. The molecule has 9 nitrogen and oxygen atoms in total. The van der Waals surface area contributed by atoms with E-state index in [2.05, 4.69) is 20.5 Å². The van der Waals surface area contributed by atoms with Crippen molar-refractivity contribution in [2.45, 2.75) is 5.60 Å². The highest BCUT2D eigenvalue weighted by Gasteiger charge is 2.35. The van der Waals surface area contributed by atoms with Crippen molar-refractivity contribution < 1.29 is 19.4 Å². The van der Waals surface area contributed by atoms with Gasteiger partial charge in [-0.2, -0.15) is 5.10 Å². The first-order valence-corrected chi connectivity index (χ1v) is 8.27. The molecule has 1 aliphatic rings. The number of rotatable bonds is 4. The standard InChI is InChI=1S/C14H17N5O4S/c20-12(11-5-24-9-16-11)15-6-14(22)7-19(3-4-23-8-14)13(21)10-1-2-17-18-10/h1-2,5,9,22H,3-4,6-8H2,(H,15,20)(H,17,18). The molecule has 128 valence electrons. The van der Waals surface area contributed by atoms with Gasteiger partial charge in [-0.05, 0) is 6.07 Å². The number of aromatic nitrogens is 3. The number of β-amino-alcohol motifs (C(OH)–C–C–N with tert-alkyl or cyclic N) is 1. The summed E-state index contributed by atoms with van der Waals surface area (Å²) in [5, 5.41) is 21.4. The van der Waals surface area contributed by atoms with E-state index in [0.717, 1.165) is 0 Å². The van der Waals surface area contributed by atoms with Crippen molar-refractivity contribution in [3.05, 3.63) is 34.5 Å². The van der Waals surface area contributed by atoms with Crippen LogP contribution in [0, 0.1) is 0 Å². The van der Waals surface area contributed by atoms with Crippen molar-refractivity contribution in [3.63, 3.8) is 0 Å². The van der Waals surface area contributed by atoms with Crippen LogP contribution >= 0.6 is 11.3 Å². The molecule has 3 heterocycles. The van der Waals surface area contributed by atoms with Crippen LogP contribution in [-0.4, -0.2) is 75.5 Å². The third-order valence-corrected chi connectivity index (χ3v) is 4.21. The summed E-state index contributed by atoms with van der Waals surface area (Å²) in [6, 6.07) is 1.57. The van der Waals surface area contributed by atoms with Crippen molar-refractivity contribution in [2.24, 2.45) is 0 Å². The molecule has 1 fully saturated rings. The number of aromatic amines is 1. The number of thiazole rings is 1. The van der Waals surface area contributed by atoms with Crippen molar-refractivity contribution in [1.29, 1.82) is 0 Å². The largest absolute Gasteiger partial charge is 0.384 e. The van der Waals surface area contributed by atoms with Gasteiger partial charge in [0.25, 0.3) is 11.8 Å². The van der Waals surface area contributed by atoms with E-state index in [1.54, 1.807) is 17.0 Å². The highest BCUT2D eigenvalue weighted by atomic mass is 32.1. The van der Waals surface area contributed by atoms with Gasteiger partial charge in [0.2, 0.25) is 0 Å². The number of hydrogen-bond donors (Lipinski definition) is 3. The molecule has 1 atom stereocenters. The van der Waals surface area contributed by atoms with E-state index in [4.69, 9.17) is 4.74 Å². The van der Waals surface area contributed by atoms with Gasteiger partial charge in [0.05, 0.1) is 31.8 Å². The van der Waals surface area contributed by atoms with Gasteiger partial charge >= 0.3 is 0 Å². The molecule has 3 rings (SSSR count). The molecular formula is C14H17N5O4S. The number of nitrogens with one attached hydrogen (secondary N) is 2. The number of ether oxygens (including phenoxy) is 1. The summed E-state index contributed by atoms with van der Waals surface area (Å²) in [6.45, 7) is 0.678. The molecule has 0 radical (unpaired) electrons. The topological polar surface area (TPSA) is 120 Å². The predicted molar refractivity (Wildman–Crippen MR) is 84.7 cm³/mol. The molecule has 2 aromatic heterocycles. The lowest BCUT2D eigenvalue weighted by molar-refractivity contribution is -0.0324. The third kappa shape index (κ3) is 3.78. The van der Waals surface area contributed by atoms with Gasteiger partial charge in [0, 0.05) is 18.1 Å². The van der Waals surface area contributed by atoms with Gasteiger partial charge < -0.3 is 20.1 Å². The maximum atomic E-state index is 12.4. The number of hydrogen-bond acceptors (Lipinski definition) is 7. The average Bonchev–Trinajstić information content (AvgIpc) is 3.25. The first kappa shape index (κ1) is 16.6. The number of carbonyl (C=O) groups excluding carboxylic acids is 2. The van der Waals surface area contributed by atoms with E-state index >= 15 is 0 Å². The van der Waals surface area contributed by atoms with Crippen LogP contribution < -0.4 is 5.32 Å². The second-order valence-corrected chi connectivity index (χ2v) is 6.25. The molecule has 0 aromatic carbocycles. The zero-order valence-electron chi connectivity index (χ0n) is 12.8. The number of H-pyrrole nitrogens is 1. The Bertz CT molecular complexity index is 690. The summed E-state index contributed by atoms with van der Waals surface area (Å²) in [6.07, 6.45) is 1.49. The number of aliphatic hydroxyl groups is 1. The van der Waals surface area contributed by atoms with Gasteiger partial charge in [-0.1, -0.05) is 0 Å². The summed E-state index contributed by atoms with van der Waals surface area (Å²) in [7, 11) is 0. The van der Waals surface area contributed by atoms with E-state index in [1.807, 2.05) is 0 Å². The smallest absolute Gasteiger partial charge is 0.272 e. The van der Waals surface area contributed by atoms with E-state index in [1.165, 1.54) is 22.4 Å². The molecule has 3 N–H and O–H groups in total. The minimum atomic E-state index is -1.38. The van der Waals surface area contributed by atoms with Crippen LogP contribution in [0.1, 0.15) is 21.0 Å². The highest BCUT2D eigenvalue weighted by Crippen LogP contribution is 2.14. The van der Waals surface area contributed by atoms with E-state index in [0.29, 0.717) is 24.5 Å². The zero-order chi connectivity index (χ0) is 17.0. The molecule has 24 heavy (non-hydrogen) atoms. The Morgan fingerprint density at radius 3 is 3.12 bits per heavy atom. The van der Waals surface area contributed by atoms with Crippen LogP contribution in [-0.2, 0) is 4.74 Å². The molecular weight excluding hydrogens is 334 g/mol. The lowest BCUT2D eigenvalue weighted by Gasteiger charge is -2.30. The Hall–Kier alpha value is -2.30. The Balaban J connectivity index is 1.64. The van der Waals surface area contributed by atoms with Crippen molar-refractivity contribution in [2.75, 3.05) is 32.8 Å². The monoisotopic (exact) mass is 351 g/mol. The molecule has 0 spiro atoms. The molecule has 0 aliphatic carbocycles. The minimum absolute atomic E-state index is 0.0249. The first-order valence-electron chi connectivity index (χ1n) is 7.33. The second-order valence-electron chi connectivity index (χ2n) is 5.53. The maximum Gasteiger partial charge on any atom is 0.272 e. The van der Waals surface area contributed by atoms with Crippen molar-refractivity contribution in [1.82, 2.24) is 25.4 Å². The van der Waals surface area contributed by atoms with Crippen LogP contribution in [0.2, 0.25) is 0 Å². The van der Waals surface area contributed by atoms with Crippen LogP contribution in [0.15, 0.2) is 23.2 Å². The molecule has 1 saturated heterocycles. The predicted octanol–water partition coefficient (Wildman–Crippen LogP) is -0.500. The fourth-order valence-electron chi connectivity index (χ4n) is 2.40. The summed E-state index contributed by atoms with van der Waals surface area (Å²) < 4.78 is 5.40. The number of amides is 2. The molecule has 2 aromatic rings. The summed E-state index contributed by atoms with van der Waals surface area (Å²) in [5.41, 5.74) is 0.815. The van der Waals surface area contributed by atoms with Gasteiger partial charge in [-0.15, -0.1) is 11.3 Å². The average molecular weight is 351 g/mol. The fourth-order valence-corrected chi connectivity index (χ4v) is 2.93. The van der Waals surface area contributed by atoms with Crippen LogP contribution in [0.4, 0.5) is 0 Å². The van der Waals surface area contributed by atoms with Gasteiger partial charge in [0.1, 0.15) is 17.0 Å². The molecule has 1 aliphatic heterocycles. The van der Waals surface area contributed by atoms with Crippen molar-refractivity contribution in [3.8, 4) is 0 Å². The lowest BCUT2D eigenvalue weighted by Crippen LogP contribution is -2.53. The summed E-state index contributed by atoms with van der Waals surface area (Å²) >= 11 is 1.31. The van der Waals surface area contributed by atoms with Gasteiger partial charge in [0.15, 0.2) is 0 Å². The van der Waals surface area contributed by atoms with E-state index < -0.39 is 5.60 Å². The fraction of sp³-hybridized carbons (Fsp3) is 0.429. The Kier molecular flexibility index (Phi) is 4.88. The summed E-state index contributed by atoms with van der Waals surface area (Å²) in [4.78, 5) is 29.8. The van der Waals surface area contributed by atoms with Crippen LogP contribution in [0.3, 0.4) is 0 Å². The molecule has 10 heteroatoms. The van der Waals surface area contributed by atoms with Crippen LogP contribution in [0.5, 0.6) is 0 Å². The normalized spacial score (nSPS) is 21.3. The zero-order valence-corrected chi connectivity index (χ0v) is 13.6. The van der Waals surface area contributed by atoms with Gasteiger partial charge in [-0.3, -0.25) is 14.7 Å². The Labute approximate surface area is 141 Å². The molecule has 0 saturated carbocycles. The SMILES string of the molecule is O=C(NCC1(O)COCCN(C(=O)c2ccn[nH]2)C1)c1cscn1. The van der Waals surface area contributed by atoms with E-state index in [-0.39, 0.29) is 31.5 Å². The third-order valence-electron chi connectivity index (χ3n) is 3.62. The number of nitrogens with zero attached hydrogens (tertiary/aromatic N) is 3. The molecule has 2 amide bonds.